The van der Waals surface area contributed by atoms with Crippen LogP contribution in [0, 0.1) is 31.6 Å². The monoisotopic (exact) mass is 433 g/mol. The molecule has 4 aromatic rings. The SMILES string of the molecule is Cc1cc(-c2cnc[nH]2)ccc1C#Cc1ccc(-c2cnc([C@@H]3CC4CC4N3C)[nH]2)cc1C. The van der Waals surface area contributed by atoms with Gasteiger partial charge in [-0.3, -0.25) is 4.90 Å². The molecule has 33 heavy (non-hydrogen) atoms. The Balaban J connectivity index is 1.21. The van der Waals surface area contributed by atoms with Crippen LogP contribution < -0.4 is 0 Å². The van der Waals surface area contributed by atoms with Crippen LogP contribution in [0.2, 0.25) is 0 Å². The number of aryl methyl sites for hydroxylation is 2. The minimum atomic E-state index is 0.427. The molecular formula is C28H27N5. The lowest BCUT2D eigenvalue weighted by molar-refractivity contribution is 0.264. The quantitative estimate of drug-likeness (QED) is 0.434. The van der Waals surface area contributed by atoms with Crippen molar-refractivity contribution in [2.24, 2.45) is 5.92 Å². The third-order valence-corrected chi connectivity index (χ3v) is 7.24. The van der Waals surface area contributed by atoms with Gasteiger partial charge in [-0.15, -0.1) is 0 Å². The molecule has 2 aromatic heterocycles. The molecule has 5 heteroatoms. The van der Waals surface area contributed by atoms with Crippen molar-refractivity contribution in [3.05, 3.63) is 83.2 Å². The number of rotatable bonds is 3. The summed E-state index contributed by atoms with van der Waals surface area (Å²) in [7, 11) is 2.23. The Morgan fingerprint density at radius 1 is 0.909 bits per heavy atom. The zero-order valence-electron chi connectivity index (χ0n) is 19.2. The molecule has 0 bridgehead atoms. The van der Waals surface area contributed by atoms with E-state index in [0.29, 0.717) is 6.04 Å². The minimum Gasteiger partial charge on any atom is -0.345 e. The molecule has 2 aliphatic rings. The second-order valence-corrected chi connectivity index (χ2v) is 9.44. The van der Waals surface area contributed by atoms with Crippen molar-refractivity contribution < 1.29 is 0 Å². The van der Waals surface area contributed by atoms with E-state index in [1.165, 1.54) is 18.4 Å². The van der Waals surface area contributed by atoms with Crippen LogP contribution in [0.5, 0.6) is 0 Å². The zero-order chi connectivity index (χ0) is 22.5. The Bertz CT molecular complexity index is 1390. The summed E-state index contributed by atoms with van der Waals surface area (Å²) < 4.78 is 0. The maximum atomic E-state index is 4.71. The lowest BCUT2D eigenvalue weighted by atomic mass is 10.0. The van der Waals surface area contributed by atoms with Crippen molar-refractivity contribution >= 4 is 0 Å². The molecule has 1 aliphatic heterocycles. The second kappa shape index (κ2) is 7.75. The third-order valence-electron chi connectivity index (χ3n) is 7.24. The summed E-state index contributed by atoms with van der Waals surface area (Å²) in [6.45, 7) is 4.22. The summed E-state index contributed by atoms with van der Waals surface area (Å²) in [5.41, 5.74) is 8.78. The third kappa shape index (κ3) is 3.67. The molecule has 3 atom stereocenters. The van der Waals surface area contributed by atoms with Crippen molar-refractivity contribution in [1.82, 2.24) is 24.8 Å². The molecule has 1 saturated carbocycles. The Kier molecular flexibility index (Phi) is 4.70. The van der Waals surface area contributed by atoms with Gasteiger partial charge in [0, 0.05) is 17.2 Å². The van der Waals surface area contributed by atoms with Crippen LogP contribution in [0.4, 0.5) is 0 Å². The molecule has 2 unspecified atom stereocenters. The summed E-state index contributed by atoms with van der Waals surface area (Å²) in [5.74, 6) is 8.69. The van der Waals surface area contributed by atoms with Crippen LogP contribution in [0.25, 0.3) is 22.5 Å². The second-order valence-electron chi connectivity index (χ2n) is 9.44. The summed E-state index contributed by atoms with van der Waals surface area (Å²) in [6, 6.07) is 14.0. The van der Waals surface area contributed by atoms with E-state index >= 15 is 0 Å². The average Bonchev–Trinajstić information content (AvgIpc) is 3.19. The number of benzene rings is 2. The largest absolute Gasteiger partial charge is 0.345 e. The maximum Gasteiger partial charge on any atom is 0.123 e. The Hall–Kier alpha value is -3.62. The minimum absolute atomic E-state index is 0.427. The van der Waals surface area contributed by atoms with Gasteiger partial charge in [0.1, 0.15) is 5.82 Å². The van der Waals surface area contributed by atoms with E-state index < -0.39 is 0 Å². The van der Waals surface area contributed by atoms with Gasteiger partial charge in [0.25, 0.3) is 0 Å². The predicted molar refractivity (Wildman–Crippen MR) is 131 cm³/mol. The first kappa shape index (κ1) is 20.0. The van der Waals surface area contributed by atoms with E-state index in [9.17, 15) is 0 Å². The summed E-state index contributed by atoms with van der Waals surface area (Å²) in [4.78, 5) is 18.0. The normalized spacial score (nSPS) is 21.5. The van der Waals surface area contributed by atoms with Crippen molar-refractivity contribution in [1.29, 1.82) is 0 Å². The van der Waals surface area contributed by atoms with Gasteiger partial charge in [0.15, 0.2) is 0 Å². The van der Waals surface area contributed by atoms with E-state index in [4.69, 9.17) is 4.98 Å². The van der Waals surface area contributed by atoms with Gasteiger partial charge in [0.05, 0.1) is 36.2 Å². The van der Waals surface area contributed by atoms with E-state index in [1.807, 2.05) is 12.4 Å². The van der Waals surface area contributed by atoms with Gasteiger partial charge >= 0.3 is 0 Å². The fourth-order valence-electron chi connectivity index (χ4n) is 5.12. The van der Waals surface area contributed by atoms with E-state index in [0.717, 1.165) is 57.0 Å². The molecule has 0 spiro atoms. The number of fused-ring (bicyclic) bond motifs is 1. The highest BCUT2D eigenvalue weighted by atomic mass is 15.3. The van der Waals surface area contributed by atoms with Crippen LogP contribution in [0.15, 0.2) is 55.1 Å². The van der Waals surface area contributed by atoms with E-state index in [-0.39, 0.29) is 0 Å². The van der Waals surface area contributed by atoms with Gasteiger partial charge in [-0.25, -0.2) is 9.97 Å². The number of nitrogens with one attached hydrogen (secondary N) is 2. The van der Waals surface area contributed by atoms with E-state index in [2.05, 4.69) is 89.0 Å². The van der Waals surface area contributed by atoms with Crippen molar-refractivity contribution in [3.8, 4) is 34.4 Å². The van der Waals surface area contributed by atoms with Crippen LogP contribution in [0.3, 0.4) is 0 Å². The van der Waals surface area contributed by atoms with Crippen molar-refractivity contribution in [3.63, 3.8) is 0 Å². The number of aromatic nitrogens is 4. The van der Waals surface area contributed by atoms with Crippen LogP contribution in [-0.4, -0.2) is 37.9 Å². The van der Waals surface area contributed by atoms with Gasteiger partial charge in [-0.2, -0.15) is 0 Å². The highest BCUT2D eigenvalue weighted by Crippen LogP contribution is 2.51. The predicted octanol–water partition coefficient (Wildman–Crippen LogP) is 5.25. The molecule has 1 saturated heterocycles. The maximum absolute atomic E-state index is 4.71. The number of likely N-dealkylation sites (tertiary alicyclic amines) is 1. The smallest absolute Gasteiger partial charge is 0.123 e. The number of imidazole rings is 2. The van der Waals surface area contributed by atoms with E-state index in [1.54, 1.807) is 6.33 Å². The molecular weight excluding hydrogens is 406 g/mol. The van der Waals surface area contributed by atoms with Crippen molar-refractivity contribution in [2.45, 2.75) is 38.8 Å². The first-order chi connectivity index (χ1) is 16.1. The Morgan fingerprint density at radius 2 is 1.61 bits per heavy atom. The van der Waals surface area contributed by atoms with Gasteiger partial charge in [-0.1, -0.05) is 24.0 Å². The first-order valence-electron chi connectivity index (χ1n) is 11.6. The number of hydrogen-bond acceptors (Lipinski definition) is 3. The van der Waals surface area contributed by atoms with Crippen LogP contribution in [0.1, 0.15) is 47.0 Å². The van der Waals surface area contributed by atoms with Crippen LogP contribution >= 0.6 is 0 Å². The molecule has 0 amide bonds. The van der Waals surface area contributed by atoms with Gasteiger partial charge < -0.3 is 9.97 Å². The number of H-pyrrole nitrogens is 2. The van der Waals surface area contributed by atoms with Crippen molar-refractivity contribution in [2.75, 3.05) is 7.05 Å². The summed E-state index contributed by atoms with van der Waals surface area (Å²) in [5, 5.41) is 0. The molecule has 5 nitrogen and oxygen atoms in total. The fourth-order valence-corrected chi connectivity index (χ4v) is 5.12. The Morgan fingerprint density at radius 3 is 2.18 bits per heavy atom. The molecule has 2 aromatic carbocycles. The molecule has 3 heterocycles. The van der Waals surface area contributed by atoms with Gasteiger partial charge in [0.2, 0.25) is 0 Å². The molecule has 2 fully saturated rings. The summed E-state index contributed by atoms with van der Waals surface area (Å²) in [6.07, 6.45) is 8.09. The fraction of sp³-hybridized carbons (Fsp3) is 0.286. The van der Waals surface area contributed by atoms with Crippen LogP contribution in [-0.2, 0) is 0 Å². The standard InChI is InChI=1S/C28H27N5/c1-17-10-21(24-14-29-16-31-24)8-6-19(17)4-5-20-7-9-22(11-18(20)2)25-15-30-28(32-25)27-13-23-12-26(23)33(27)3/h6-11,14-16,23,26-27H,12-13H2,1-3H3,(H,29,31)(H,30,32)/t23?,26?,27-/m0/s1. The lowest BCUT2D eigenvalue weighted by Gasteiger charge is -2.20. The molecule has 1 aliphatic carbocycles. The number of nitrogens with zero attached hydrogens (tertiary/aromatic N) is 3. The number of piperidine rings is 1. The Labute approximate surface area is 194 Å². The number of hydrogen-bond donors (Lipinski definition) is 2. The molecule has 0 radical (unpaired) electrons. The molecule has 164 valence electrons. The highest BCUT2D eigenvalue weighted by Gasteiger charge is 2.51. The molecule has 6 rings (SSSR count). The highest BCUT2D eigenvalue weighted by molar-refractivity contribution is 5.64. The van der Waals surface area contributed by atoms with Gasteiger partial charge in [-0.05, 0) is 86.2 Å². The molecule has 2 N–H and O–H groups in total. The number of aromatic amines is 2. The first-order valence-corrected chi connectivity index (χ1v) is 11.6. The topological polar surface area (TPSA) is 60.6 Å². The zero-order valence-corrected chi connectivity index (χ0v) is 19.2. The lowest BCUT2D eigenvalue weighted by Crippen LogP contribution is -2.22. The summed E-state index contributed by atoms with van der Waals surface area (Å²) >= 11 is 0. The average molecular weight is 434 g/mol.